The van der Waals surface area contributed by atoms with Gasteiger partial charge >= 0.3 is 6.18 Å². The summed E-state index contributed by atoms with van der Waals surface area (Å²) < 4.78 is 43.6. The fourth-order valence-electron chi connectivity index (χ4n) is 2.51. The highest BCUT2D eigenvalue weighted by Crippen LogP contribution is 2.33. The smallest absolute Gasteiger partial charge is 0.416 e. The minimum Gasteiger partial charge on any atom is -0.493 e. The molecule has 0 saturated heterocycles. The van der Waals surface area contributed by atoms with Gasteiger partial charge in [-0.2, -0.15) is 13.2 Å². The van der Waals surface area contributed by atoms with Crippen LogP contribution in [0.2, 0.25) is 0 Å². The number of ether oxygens (including phenoxy) is 1. The highest BCUT2D eigenvalue weighted by Gasteiger charge is 2.31. The molecule has 0 bridgehead atoms. The Bertz CT molecular complexity index is 463. The molecule has 0 unspecified atom stereocenters. The minimum atomic E-state index is -4.47. The average Bonchev–Trinajstić information content (AvgIpc) is 2.45. The minimum absolute atomic E-state index is 0.0153. The van der Waals surface area contributed by atoms with Crippen LogP contribution in [0.1, 0.15) is 48.0 Å². The third-order valence-corrected chi connectivity index (χ3v) is 3.60. The van der Waals surface area contributed by atoms with Gasteiger partial charge in [-0.15, -0.1) is 0 Å². The van der Waals surface area contributed by atoms with Crippen molar-refractivity contribution in [1.29, 1.82) is 0 Å². The Morgan fingerprint density at radius 1 is 1.15 bits per heavy atom. The lowest BCUT2D eigenvalue weighted by Crippen LogP contribution is -2.15. The summed E-state index contributed by atoms with van der Waals surface area (Å²) in [6.45, 7) is 0.416. The van der Waals surface area contributed by atoms with E-state index in [0.29, 0.717) is 18.8 Å². The van der Waals surface area contributed by atoms with Crippen molar-refractivity contribution in [3.8, 4) is 5.75 Å². The van der Waals surface area contributed by atoms with E-state index in [9.17, 15) is 18.0 Å². The predicted molar refractivity (Wildman–Crippen MR) is 68.9 cm³/mol. The molecule has 1 fully saturated rings. The normalized spacial score (nSPS) is 16.9. The van der Waals surface area contributed by atoms with E-state index in [1.54, 1.807) is 0 Å². The second-order valence-corrected chi connectivity index (χ2v) is 5.22. The third kappa shape index (κ3) is 3.99. The molecule has 1 saturated carbocycles. The predicted octanol–water partition coefficient (Wildman–Crippen LogP) is 4.48. The van der Waals surface area contributed by atoms with Crippen molar-refractivity contribution >= 4 is 6.29 Å². The molecule has 0 atom stereocenters. The van der Waals surface area contributed by atoms with Crippen LogP contribution in [0.4, 0.5) is 13.2 Å². The lowest BCUT2D eigenvalue weighted by Gasteiger charge is -2.22. The standard InChI is InChI=1S/C15H17F3O2/c16-15(17,18)13-6-12(9-19)7-14(8-13)20-10-11-4-2-1-3-5-11/h6-9,11H,1-5,10H2. The molecule has 2 rings (SSSR count). The van der Waals surface area contributed by atoms with Gasteiger partial charge in [0.15, 0.2) is 0 Å². The van der Waals surface area contributed by atoms with Crippen molar-refractivity contribution in [2.45, 2.75) is 38.3 Å². The molecule has 0 heterocycles. The number of hydrogen-bond acceptors (Lipinski definition) is 2. The molecule has 0 aliphatic heterocycles. The molecule has 0 aromatic heterocycles. The Morgan fingerprint density at radius 3 is 2.45 bits per heavy atom. The van der Waals surface area contributed by atoms with Crippen LogP contribution < -0.4 is 4.74 Å². The maximum absolute atomic E-state index is 12.7. The lowest BCUT2D eigenvalue weighted by atomic mass is 9.90. The topological polar surface area (TPSA) is 26.3 Å². The van der Waals surface area contributed by atoms with Gasteiger partial charge in [-0.1, -0.05) is 19.3 Å². The van der Waals surface area contributed by atoms with Crippen molar-refractivity contribution in [2.24, 2.45) is 5.92 Å². The number of rotatable bonds is 4. The summed E-state index contributed by atoms with van der Waals surface area (Å²) in [6, 6.07) is 3.14. The monoisotopic (exact) mass is 286 g/mol. The molecule has 0 N–H and O–H groups in total. The number of alkyl halides is 3. The van der Waals surface area contributed by atoms with Gasteiger partial charge < -0.3 is 4.74 Å². The Morgan fingerprint density at radius 2 is 1.85 bits per heavy atom. The average molecular weight is 286 g/mol. The van der Waals surface area contributed by atoms with E-state index in [2.05, 4.69) is 0 Å². The number of aldehydes is 1. The second kappa shape index (κ2) is 6.29. The molecular formula is C15H17F3O2. The summed E-state index contributed by atoms with van der Waals surface area (Å²) in [7, 11) is 0. The van der Waals surface area contributed by atoms with Gasteiger partial charge in [0.05, 0.1) is 12.2 Å². The largest absolute Gasteiger partial charge is 0.493 e. The van der Waals surface area contributed by atoms with Gasteiger partial charge in [0.2, 0.25) is 0 Å². The number of carbonyl (C=O) groups excluding carboxylic acids is 1. The van der Waals surface area contributed by atoms with Gasteiger partial charge in [0.1, 0.15) is 12.0 Å². The van der Waals surface area contributed by atoms with E-state index in [0.717, 1.165) is 37.8 Å². The molecule has 1 aliphatic carbocycles. The van der Waals surface area contributed by atoms with Crippen molar-refractivity contribution in [3.05, 3.63) is 29.3 Å². The molecule has 0 spiro atoms. The number of carbonyl (C=O) groups is 1. The SMILES string of the molecule is O=Cc1cc(OCC2CCCCC2)cc(C(F)(F)F)c1. The second-order valence-electron chi connectivity index (χ2n) is 5.22. The molecule has 1 aromatic carbocycles. The summed E-state index contributed by atoms with van der Waals surface area (Å²) in [6.07, 6.45) is 1.56. The molecule has 0 amide bonds. The maximum atomic E-state index is 12.7. The lowest BCUT2D eigenvalue weighted by molar-refractivity contribution is -0.137. The van der Waals surface area contributed by atoms with Crippen molar-refractivity contribution in [3.63, 3.8) is 0 Å². The number of benzene rings is 1. The molecular weight excluding hydrogens is 269 g/mol. The van der Waals surface area contributed by atoms with Crippen molar-refractivity contribution in [1.82, 2.24) is 0 Å². The fraction of sp³-hybridized carbons (Fsp3) is 0.533. The first-order chi connectivity index (χ1) is 9.49. The molecule has 1 aliphatic rings. The highest BCUT2D eigenvalue weighted by atomic mass is 19.4. The third-order valence-electron chi connectivity index (χ3n) is 3.60. The molecule has 20 heavy (non-hydrogen) atoms. The molecule has 0 radical (unpaired) electrons. The summed E-state index contributed by atoms with van der Waals surface area (Å²) >= 11 is 0. The van der Waals surface area contributed by atoms with Crippen LogP contribution in [-0.2, 0) is 6.18 Å². The van der Waals surface area contributed by atoms with E-state index >= 15 is 0 Å². The molecule has 5 heteroatoms. The fourth-order valence-corrected chi connectivity index (χ4v) is 2.51. The van der Waals surface area contributed by atoms with E-state index in [1.807, 2.05) is 0 Å². The van der Waals surface area contributed by atoms with Crippen molar-refractivity contribution in [2.75, 3.05) is 6.61 Å². The van der Waals surface area contributed by atoms with E-state index < -0.39 is 11.7 Å². The van der Waals surface area contributed by atoms with Crippen LogP contribution >= 0.6 is 0 Å². The highest BCUT2D eigenvalue weighted by molar-refractivity contribution is 5.76. The summed E-state index contributed by atoms with van der Waals surface area (Å²) in [5, 5.41) is 0. The Hall–Kier alpha value is -1.52. The zero-order valence-corrected chi connectivity index (χ0v) is 11.1. The Kier molecular flexibility index (Phi) is 4.68. The van der Waals surface area contributed by atoms with E-state index in [-0.39, 0.29) is 11.3 Å². The quantitative estimate of drug-likeness (QED) is 0.763. The zero-order chi connectivity index (χ0) is 14.6. The maximum Gasteiger partial charge on any atom is 0.416 e. The van der Waals surface area contributed by atoms with Gasteiger partial charge in [-0.25, -0.2) is 0 Å². The van der Waals surface area contributed by atoms with Crippen LogP contribution in [0.25, 0.3) is 0 Å². The van der Waals surface area contributed by atoms with Gasteiger partial charge in [-0.3, -0.25) is 4.79 Å². The first-order valence-corrected chi connectivity index (χ1v) is 6.79. The first kappa shape index (κ1) is 14.9. The van der Waals surface area contributed by atoms with E-state index in [4.69, 9.17) is 4.74 Å². The summed E-state index contributed by atoms with van der Waals surface area (Å²) in [5.41, 5.74) is -0.862. The van der Waals surface area contributed by atoms with E-state index in [1.165, 1.54) is 12.5 Å². The Balaban J connectivity index is 2.08. The first-order valence-electron chi connectivity index (χ1n) is 6.79. The summed E-state index contributed by atoms with van der Waals surface area (Å²) in [4.78, 5) is 10.7. The van der Waals surface area contributed by atoms with Crippen LogP contribution in [0, 0.1) is 5.92 Å². The van der Waals surface area contributed by atoms with Crippen LogP contribution in [-0.4, -0.2) is 12.9 Å². The number of hydrogen-bond donors (Lipinski definition) is 0. The van der Waals surface area contributed by atoms with Gasteiger partial charge in [0.25, 0.3) is 0 Å². The molecule has 1 aromatic rings. The van der Waals surface area contributed by atoms with Crippen LogP contribution in [0.15, 0.2) is 18.2 Å². The number of halogens is 3. The van der Waals surface area contributed by atoms with Crippen LogP contribution in [0.3, 0.4) is 0 Å². The van der Waals surface area contributed by atoms with Crippen molar-refractivity contribution < 1.29 is 22.7 Å². The zero-order valence-electron chi connectivity index (χ0n) is 11.1. The molecule has 110 valence electrons. The van der Waals surface area contributed by atoms with Gasteiger partial charge in [-0.05, 0) is 37.0 Å². The Labute approximate surface area is 115 Å². The van der Waals surface area contributed by atoms with Gasteiger partial charge in [0, 0.05) is 5.56 Å². The molecule has 2 nitrogen and oxygen atoms in total. The summed E-state index contributed by atoms with van der Waals surface area (Å²) in [5.74, 6) is 0.519. The van der Waals surface area contributed by atoms with Crippen LogP contribution in [0.5, 0.6) is 5.75 Å².